The van der Waals surface area contributed by atoms with Crippen LogP contribution in [0.15, 0.2) is 0 Å². The van der Waals surface area contributed by atoms with Crippen molar-refractivity contribution in [3.63, 3.8) is 0 Å². The van der Waals surface area contributed by atoms with E-state index in [-0.39, 0.29) is 12.7 Å². The van der Waals surface area contributed by atoms with E-state index >= 15 is 0 Å². The van der Waals surface area contributed by atoms with Gasteiger partial charge in [0.15, 0.2) is 0 Å². The van der Waals surface area contributed by atoms with Crippen molar-refractivity contribution in [1.82, 2.24) is 0 Å². The van der Waals surface area contributed by atoms with Gasteiger partial charge < -0.3 is 29.5 Å². The van der Waals surface area contributed by atoms with Gasteiger partial charge in [0, 0.05) is 13.2 Å². The molecule has 1 aliphatic heterocycles. The molecule has 8 heteroatoms. The van der Waals surface area contributed by atoms with E-state index in [1.165, 1.54) is 0 Å². The molecule has 0 bridgehead atoms. The van der Waals surface area contributed by atoms with Crippen LogP contribution in [0.1, 0.15) is 59.3 Å². The minimum atomic E-state index is -1.40. The molecule has 1 rings (SSSR count). The second-order valence-electron chi connectivity index (χ2n) is 7.04. The molecular formula is C19H38O8. The van der Waals surface area contributed by atoms with Gasteiger partial charge in [-0.2, -0.15) is 0 Å². The van der Waals surface area contributed by atoms with Crippen molar-refractivity contribution in [3.8, 4) is 0 Å². The molecule has 6 atom stereocenters. The Labute approximate surface area is 162 Å². The maximum atomic E-state index is 9.92. The molecule has 8 nitrogen and oxygen atoms in total. The minimum Gasteiger partial charge on any atom is -0.388 e. The first kappa shape index (κ1) is 24.7. The molecule has 27 heavy (non-hydrogen) atoms. The van der Waals surface area contributed by atoms with Crippen molar-refractivity contribution in [3.05, 3.63) is 0 Å². The maximum Gasteiger partial charge on any atom is 0.220 e. The molecule has 162 valence electrons. The highest BCUT2D eigenvalue weighted by Gasteiger charge is 2.43. The van der Waals surface area contributed by atoms with Gasteiger partial charge in [0.05, 0.1) is 12.7 Å². The molecular weight excluding hydrogens is 356 g/mol. The number of rotatable bonds is 15. The van der Waals surface area contributed by atoms with Crippen LogP contribution in [0, 0.1) is 0 Å². The van der Waals surface area contributed by atoms with Crippen LogP contribution in [-0.4, -0.2) is 78.6 Å². The van der Waals surface area contributed by atoms with Crippen LogP contribution in [0.25, 0.3) is 0 Å². The van der Waals surface area contributed by atoms with Crippen LogP contribution < -0.4 is 0 Å². The average Bonchev–Trinajstić information content (AvgIpc) is 2.66. The van der Waals surface area contributed by atoms with E-state index in [0.29, 0.717) is 19.8 Å². The molecule has 0 radical (unpaired) electrons. The lowest BCUT2D eigenvalue weighted by atomic mass is 10.0. The average molecular weight is 395 g/mol. The summed E-state index contributed by atoms with van der Waals surface area (Å²) in [5.41, 5.74) is 0. The zero-order chi connectivity index (χ0) is 20.1. The predicted octanol–water partition coefficient (Wildman–Crippen LogP) is 1.54. The highest BCUT2D eigenvalue weighted by Crippen LogP contribution is 2.22. The van der Waals surface area contributed by atoms with Crippen molar-refractivity contribution >= 4 is 0 Å². The standard InChI is InChI=1S/C19H38O8/c1-4-6-8-10-23-12-15(24-11-9-7-5-2)13-25-27-19-18(22)17(21)16(20)14(3)26-19/h14-22H,4-13H2,1-3H3/t14-,15-,16-,17+,18-,19-/m1/s1. The van der Waals surface area contributed by atoms with E-state index in [2.05, 4.69) is 13.8 Å². The van der Waals surface area contributed by atoms with Crippen LogP contribution in [0.3, 0.4) is 0 Å². The van der Waals surface area contributed by atoms with E-state index in [1.54, 1.807) is 6.92 Å². The Kier molecular flexibility index (Phi) is 13.4. The SMILES string of the molecule is CCCCCOC[C@H](COO[C@H]1O[C@H](C)[C@@H](O)[C@H](O)[C@H]1O)OCCCCC. The molecule has 0 spiro atoms. The molecule has 1 aliphatic rings. The van der Waals surface area contributed by atoms with Gasteiger partial charge in [0.25, 0.3) is 0 Å². The van der Waals surface area contributed by atoms with Crippen molar-refractivity contribution < 1.29 is 39.3 Å². The van der Waals surface area contributed by atoms with Crippen molar-refractivity contribution in [1.29, 1.82) is 0 Å². The number of hydrogen-bond acceptors (Lipinski definition) is 8. The van der Waals surface area contributed by atoms with Crippen LogP contribution in [0.2, 0.25) is 0 Å². The second kappa shape index (κ2) is 14.6. The van der Waals surface area contributed by atoms with Gasteiger partial charge in [0.2, 0.25) is 6.29 Å². The van der Waals surface area contributed by atoms with Gasteiger partial charge >= 0.3 is 0 Å². The Morgan fingerprint density at radius 1 is 0.852 bits per heavy atom. The third-order valence-electron chi connectivity index (χ3n) is 4.52. The Balaban J connectivity index is 2.35. The molecule has 0 saturated carbocycles. The quantitative estimate of drug-likeness (QED) is 0.218. The molecule has 1 saturated heterocycles. The lowest BCUT2D eigenvalue weighted by Gasteiger charge is -2.38. The lowest BCUT2D eigenvalue weighted by molar-refractivity contribution is -0.427. The van der Waals surface area contributed by atoms with Crippen LogP contribution >= 0.6 is 0 Å². The summed E-state index contributed by atoms with van der Waals surface area (Å²) in [4.78, 5) is 10.3. The molecule has 0 unspecified atom stereocenters. The summed E-state index contributed by atoms with van der Waals surface area (Å²) in [7, 11) is 0. The molecule has 0 aromatic heterocycles. The Hall–Kier alpha value is -0.320. The summed E-state index contributed by atoms with van der Waals surface area (Å²) in [6.45, 7) is 7.65. The Morgan fingerprint density at radius 2 is 1.52 bits per heavy atom. The topological polar surface area (TPSA) is 107 Å². The Bertz CT molecular complexity index is 357. The van der Waals surface area contributed by atoms with Gasteiger partial charge in [-0.3, -0.25) is 0 Å². The lowest BCUT2D eigenvalue weighted by Crippen LogP contribution is -2.57. The Morgan fingerprint density at radius 3 is 2.19 bits per heavy atom. The summed E-state index contributed by atoms with van der Waals surface area (Å²) >= 11 is 0. The largest absolute Gasteiger partial charge is 0.388 e. The van der Waals surface area contributed by atoms with Gasteiger partial charge in [-0.1, -0.05) is 39.5 Å². The fourth-order valence-corrected chi connectivity index (χ4v) is 2.69. The summed E-state index contributed by atoms with van der Waals surface area (Å²) in [6.07, 6.45) is 0.382. The van der Waals surface area contributed by atoms with Gasteiger partial charge in [0.1, 0.15) is 31.0 Å². The normalized spacial score (nSPS) is 29.8. The molecule has 3 N–H and O–H groups in total. The monoisotopic (exact) mass is 394 g/mol. The fraction of sp³-hybridized carbons (Fsp3) is 1.00. The smallest absolute Gasteiger partial charge is 0.220 e. The highest BCUT2D eigenvalue weighted by atomic mass is 17.2. The third-order valence-corrected chi connectivity index (χ3v) is 4.52. The second-order valence-corrected chi connectivity index (χ2v) is 7.04. The van der Waals surface area contributed by atoms with Crippen LogP contribution in [0.5, 0.6) is 0 Å². The molecule has 0 amide bonds. The number of aliphatic hydroxyl groups is 3. The van der Waals surface area contributed by atoms with Crippen LogP contribution in [0.4, 0.5) is 0 Å². The van der Waals surface area contributed by atoms with E-state index in [4.69, 9.17) is 24.0 Å². The zero-order valence-corrected chi connectivity index (χ0v) is 16.9. The van der Waals surface area contributed by atoms with E-state index in [1.807, 2.05) is 0 Å². The van der Waals surface area contributed by atoms with Crippen LogP contribution in [-0.2, 0) is 24.0 Å². The predicted molar refractivity (Wildman–Crippen MR) is 99.0 cm³/mol. The van der Waals surface area contributed by atoms with E-state index in [9.17, 15) is 15.3 Å². The first-order valence-electron chi connectivity index (χ1n) is 10.2. The number of aliphatic hydroxyl groups excluding tert-OH is 3. The molecule has 1 heterocycles. The summed E-state index contributed by atoms with van der Waals surface area (Å²) in [5, 5.41) is 29.4. The fourth-order valence-electron chi connectivity index (χ4n) is 2.69. The van der Waals surface area contributed by atoms with Gasteiger partial charge in [-0.05, 0) is 19.8 Å². The summed E-state index contributed by atoms with van der Waals surface area (Å²) in [5.74, 6) is 0. The summed E-state index contributed by atoms with van der Waals surface area (Å²) in [6, 6.07) is 0. The molecule has 0 aliphatic carbocycles. The van der Waals surface area contributed by atoms with Crippen molar-refractivity contribution in [2.75, 3.05) is 26.4 Å². The van der Waals surface area contributed by atoms with Crippen molar-refractivity contribution in [2.45, 2.75) is 96.1 Å². The highest BCUT2D eigenvalue weighted by molar-refractivity contribution is 4.86. The van der Waals surface area contributed by atoms with E-state index < -0.39 is 30.7 Å². The van der Waals surface area contributed by atoms with E-state index in [0.717, 1.165) is 38.5 Å². The number of unbranched alkanes of at least 4 members (excludes halogenated alkanes) is 4. The van der Waals surface area contributed by atoms with Gasteiger partial charge in [-0.15, -0.1) is 0 Å². The maximum absolute atomic E-state index is 9.92. The molecule has 0 aromatic rings. The minimum absolute atomic E-state index is 0.111. The summed E-state index contributed by atoms with van der Waals surface area (Å²) < 4.78 is 16.8. The number of hydrogen-bond donors (Lipinski definition) is 3. The van der Waals surface area contributed by atoms with Crippen molar-refractivity contribution in [2.24, 2.45) is 0 Å². The molecule has 1 fully saturated rings. The zero-order valence-electron chi connectivity index (χ0n) is 16.9. The molecule has 0 aromatic carbocycles. The van der Waals surface area contributed by atoms with Gasteiger partial charge in [-0.25, -0.2) is 9.78 Å². The first-order valence-corrected chi connectivity index (χ1v) is 10.2. The number of ether oxygens (including phenoxy) is 3. The third kappa shape index (κ3) is 9.62. The first-order chi connectivity index (χ1) is 13.0.